The van der Waals surface area contributed by atoms with E-state index in [1.54, 1.807) is 12.1 Å². The molecule has 0 radical (unpaired) electrons. The highest BCUT2D eigenvalue weighted by Gasteiger charge is 2.20. The molecule has 1 heterocycles. The van der Waals surface area contributed by atoms with Crippen LogP contribution >= 0.6 is 0 Å². The molecule has 1 aliphatic heterocycles. The molecule has 0 aromatic heterocycles. The number of hydrogen-bond donors (Lipinski definition) is 3. The second-order valence-corrected chi connectivity index (χ2v) is 8.78. The van der Waals surface area contributed by atoms with E-state index >= 15 is 0 Å². The van der Waals surface area contributed by atoms with Crippen molar-refractivity contribution >= 4 is 28.8 Å². The van der Waals surface area contributed by atoms with Gasteiger partial charge in [-0.15, -0.1) is 0 Å². The maximum absolute atomic E-state index is 12.4. The standard InChI is InChI=1S/C28H34N4O/c1-6-19(4)17-30-28-25(20(5)18(2)3)16-26(32-28)22-9-13-24(14-10-22)31-27(33)15-21-7-11-23(29)12-8-21/h7-14,16-18H,6,15,29H2,1-5H3,(H,30,32)(H,31,33)/b19-17+,25-20+. The Balaban J connectivity index is 1.75. The van der Waals surface area contributed by atoms with Gasteiger partial charge in [-0.1, -0.05) is 56.2 Å². The van der Waals surface area contributed by atoms with E-state index < -0.39 is 0 Å². The van der Waals surface area contributed by atoms with Crippen molar-refractivity contribution < 1.29 is 4.79 Å². The maximum Gasteiger partial charge on any atom is 0.228 e. The Bertz CT molecular complexity index is 1120. The van der Waals surface area contributed by atoms with Crippen LogP contribution in [-0.4, -0.2) is 11.7 Å². The number of rotatable bonds is 7. The van der Waals surface area contributed by atoms with E-state index in [0.717, 1.165) is 40.3 Å². The van der Waals surface area contributed by atoms with E-state index in [1.165, 1.54) is 11.1 Å². The first kappa shape index (κ1) is 24.1. The zero-order valence-corrected chi connectivity index (χ0v) is 20.2. The number of benzene rings is 2. The number of nitrogens with one attached hydrogen (secondary N) is 2. The van der Waals surface area contributed by atoms with Crippen molar-refractivity contribution in [3.05, 3.63) is 88.7 Å². The summed E-state index contributed by atoms with van der Waals surface area (Å²) in [6.07, 6.45) is 5.39. The number of carbonyl (C=O) groups excluding carboxylic acids is 1. The molecule has 3 rings (SSSR count). The van der Waals surface area contributed by atoms with E-state index in [0.29, 0.717) is 18.0 Å². The Kier molecular flexibility index (Phi) is 7.88. The smallest absolute Gasteiger partial charge is 0.228 e. The number of allylic oxidation sites excluding steroid dienone is 2. The van der Waals surface area contributed by atoms with Gasteiger partial charge in [0.1, 0.15) is 5.84 Å². The number of carbonyl (C=O) groups is 1. The van der Waals surface area contributed by atoms with Gasteiger partial charge in [-0.05, 0) is 67.7 Å². The van der Waals surface area contributed by atoms with Gasteiger partial charge in [0, 0.05) is 28.8 Å². The highest BCUT2D eigenvalue weighted by molar-refractivity contribution is 6.12. The van der Waals surface area contributed by atoms with Crippen LogP contribution in [0.5, 0.6) is 0 Å². The lowest BCUT2D eigenvalue weighted by molar-refractivity contribution is -0.115. The van der Waals surface area contributed by atoms with Crippen LogP contribution in [0.25, 0.3) is 5.70 Å². The predicted molar refractivity (Wildman–Crippen MR) is 140 cm³/mol. The van der Waals surface area contributed by atoms with Crippen molar-refractivity contribution in [2.45, 2.75) is 47.5 Å². The van der Waals surface area contributed by atoms with Crippen molar-refractivity contribution in [3.8, 4) is 0 Å². The number of amides is 1. The topological polar surface area (TPSA) is 79.5 Å². The molecule has 2 aromatic carbocycles. The highest BCUT2D eigenvalue weighted by atomic mass is 16.1. The molecule has 172 valence electrons. The molecule has 4 N–H and O–H groups in total. The van der Waals surface area contributed by atoms with Gasteiger partial charge in [0.15, 0.2) is 0 Å². The molecule has 1 amide bonds. The summed E-state index contributed by atoms with van der Waals surface area (Å²) in [4.78, 5) is 17.1. The van der Waals surface area contributed by atoms with E-state index in [1.807, 2.05) is 42.6 Å². The zero-order valence-electron chi connectivity index (χ0n) is 20.2. The van der Waals surface area contributed by atoms with Crippen molar-refractivity contribution in [2.24, 2.45) is 10.9 Å². The quantitative estimate of drug-likeness (QED) is 0.455. The molecular weight excluding hydrogens is 408 g/mol. The minimum atomic E-state index is -0.0593. The second-order valence-electron chi connectivity index (χ2n) is 8.78. The Morgan fingerprint density at radius 3 is 2.36 bits per heavy atom. The van der Waals surface area contributed by atoms with Crippen molar-refractivity contribution in [1.82, 2.24) is 5.32 Å². The Labute approximate surface area is 197 Å². The Morgan fingerprint density at radius 2 is 1.76 bits per heavy atom. The van der Waals surface area contributed by atoms with Gasteiger partial charge in [-0.25, -0.2) is 4.99 Å². The molecular formula is C28H34N4O. The average molecular weight is 443 g/mol. The molecule has 5 heteroatoms. The van der Waals surface area contributed by atoms with Crippen LogP contribution in [0.3, 0.4) is 0 Å². The Morgan fingerprint density at radius 1 is 1.09 bits per heavy atom. The first-order valence-corrected chi connectivity index (χ1v) is 11.4. The molecule has 2 aromatic rings. The summed E-state index contributed by atoms with van der Waals surface area (Å²) < 4.78 is 0. The van der Waals surface area contributed by atoms with Crippen LogP contribution in [0.2, 0.25) is 0 Å². The van der Waals surface area contributed by atoms with Gasteiger partial charge in [-0.2, -0.15) is 0 Å². The normalized spacial score (nSPS) is 16.6. The third-order valence-electron chi connectivity index (χ3n) is 5.88. The number of aliphatic imine (C=N–C) groups is 1. The van der Waals surface area contributed by atoms with E-state index in [2.05, 4.69) is 51.3 Å². The third-order valence-corrected chi connectivity index (χ3v) is 5.88. The summed E-state index contributed by atoms with van der Waals surface area (Å²) in [7, 11) is 0. The van der Waals surface area contributed by atoms with Crippen molar-refractivity contribution in [3.63, 3.8) is 0 Å². The number of nitrogens with two attached hydrogens (primary N) is 1. The minimum absolute atomic E-state index is 0.0593. The van der Waals surface area contributed by atoms with Crippen molar-refractivity contribution in [2.75, 3.05) is 11.1 Å². The maximum atomic E-state index is 12.4. The van der Waals surface area contributed by atoms with Gasteiger partial charge in [-0.3, -0.25) is 4.79 Å². The molecule has 0 fully saturated rings. The molecule has 0 atom stereocenters. The van der Waals surface area contributed by atoms with Crippen LogP contribution in [0.1, 0.15) is 52.2 Å². The first-order chi connectivity index (χ1) is 15.8. The van der Waals surface area contributed by atoms with Gasteiger partial charge in [0.2, 0.25) is 5.91 Å². The summed E-state index contributed by atoms with van der Waals surface area (Å²) in [6.45, 7) is 10.8. The molecule has 0 spiro atoms. The molecule has 0 saturated carbocycles. The van der Waals surface area contributed by atoms with Gasteiger partial charge in [0.25, 0.3) is 0 Å². The molecule has 0 aliphatic carbocycles. The minimum Gasteiger partial charge on any atom is -0.399 e. The van der Waals surface area contributed by atoms with Gasteiger partial charge < -0.3 is 16.4 Å². The SMILES string of the molecule is CC/C(C)=C/N=C1\NC(c2ccc(NC(=O)Cc3ccc(N)cc3)cc2)=C\C1=C(\C)C(C)C. The summed E-state index contributed by atoms with van der Waals surface area (Å²) >= 11 is 0. The van der Waals surface area contributed by atoms with Crippen LogP contribution in [-0.2, 0) is 11.2 Å². The number of amidine groups is 1. The Hall–Kier alpha value is -3.60. The molecule has 1 aliphatic rings. The predicted octanol–water partition coefficient (Wildman–Crippen LogP) is 6.08. The monoisotopic (exact) mass is 442 g/mol. The lowest BCUT2D eigenvalue weighted by Gasteiger charge is -2.10. The fourth-order valence-corrected chi connectivity index (χ4v) is 3.34. The lowest BCUT2D eigenvalue weighted by atomic mass is 9.98. The lowest BCUT2D eigenvalue weighted by Crippen LogP contribution is -2.18. The second kappa shape index (κ2) is 10.8. The summed E-state index contributed by atoms with van der Waals surface area (Å²) in [5.74, 6) is 1.25. The number of nitrogens with zero attached hydrogens (tertiary/aromatic N) is 1. The van der Waals surface area contributed by atoms with Gasteiger partial charge in [0.05, 0.1) is 6.42 Å². The molecule has 0 saturated heterocycles. The largest absolute Gasteiger partial charge is 0.399 e. The number of nitrogen functional groups attached to an aromatic ring is 1. The summed E-state index contributed by atoms with van der Waals surface area (Å²) in [5.41, 5.74) is 13.8. The fraction of sp³-hybridized carbons (Fsp3) is 0.286. The zero-order chi connectivity index (χ0) is 24.0. The average Bonchev–Trinajstić information content (AvgIpc) is 3.23. The highest BCUT2D eigenvalue weighted by Crippen LogP contribution is 2.27. The first-order valence-electron chi connectivity index (χ1n) is 11.4. The van der Waals surface area contributed by atoms with Crippen molar-refractivity contribution in [1.29, 1.82) is 0 Å². The van der Waals surface area contributed by atoms with Crippen LogP contribution < -0.4 is 16.4 Å². The van der Waals surface area contributed by atoms with Crippen LogP contribution in [0, 0.1) is 5.92 Å². The molecule has 0 bridgehead atoms. The van der Waals surface area contributed by atoms with Gasteiger partial charge >= 0.3 is 0 Å². The number of hydrogen-bond acceptors (Lipinski definition) is 3. The van der Waals surface area contributed by atoms with Crippen LogP contribution in [0.4, 0.5) is 11.4 Å². The summed E-state index contributed by atoms with van der Waals surface area (Å²) in [5, 5.41) is 6.44. The fourth-order valence-electron chi connectivity index (χ4n) is 3.34. The molecule has 0 unspecified atom stereocenters. The van der Waals surface area contributed by atoms with Crippen LogP contribution in [0.15, 0.2) is 82.5 Å². The summed E-state index contributed by atoms with van der Waals surface area (Å²) in [6, 6.07) is 15.2. The third kappa shape index (κ3) is 6.45. The molecule has 5 nitrogen and oxygen atoms in total. The van der Waals surface area contributed by atoms with E-state index in [-0.39, 0.29) is 5.91 Å². The molecule has 33 heavy (non-hydrogen) atoms. The van der Waals surface area contributed by atoms with E-state index in [4.69, 9.17) is 10.7 Å². The number of anilines is 2. The van der Waals surface area contributed by atoms with E-state index in [9.17, 15) is 4.79 Å².